The molecule has 2 N–H and O–H groups in total. The number of benzene rings is 1. The Bertz CT molecular complexity index is 220. The Hall–Kier alpha value is -1.31. The zero-order valence-electron chi connectivity index (χ0n) is 4.79. The number of carbonyl (C=O) groups excluding carboxylic acids is 1. The van der Waals surface area contributed by atoms with E-state index in [1.807, 2.05) is 0 Å². The minimum Gasteiger partial charge on any atom is -0.399 e. The number of rotatable bonds is 1. The average molecular weight is 120 g/mol. The van der Waals surface area contributed by atoms with Crippen LogP contribution in [0.5, 0.6) is 0 Å². The van der Waals surface area contributed by atoms with Gasteiger partial charge in [-0.15, -0.1) is 0 Å². The Balaban J connectivity index is 3.07. The van der Waals surface area contributed by atoms with Crippen LogP contribution in [0, 0.1) is 0 Å². The number of hydrogen-bond donors (Lipinski definition) is 1. The molecule has 0 bridgehead atoms. The minimum absolute atomic E-state index is 0.495. The standard InChI is InChI=1S/C7H6NO/c8-7-3-1-2-6(4-7)5-9/h1-4H,8H2. The largest absolute Gasteiger partial charge is 0.399 e. The van der Waals surface area contributed by atoms with Gasteiger partial charge in [-0.1, -0.05) is 12.1 Å². The first-order valence-electron chi connectivity index (χ1n) is 2.56. The number of nitrogen functional groups attached to an aromatic ring is 1. The highest BCUT2D eigenvalue weighted by atomic mass is 16.1. The van der Waals surface area contributed by atoms with Gasteiger partial charge in [-0.25, -0.2) is 0 Å². The van der Waals surface area contributed by atoms with E-state index >= 15 is 0 Å². The SMILES string of the molecule is Nc1cccc([C]=O)c1. The maximum Gasteiger partial charge on any atom is 0.233 e. The molecule has 0 aliphatic heterocycles. The maximum absolute atomic E-state index is 9.98. The van der Waals surface area contributed by atoms with Gasteiger partial charge in [-0.3, -0.25) is 4.79 Å². The molecule has 0 unspecified atom stereocenters. The molecule has 0 amide bonds. The fourth-order valence-corrected chi connectivity index (χ4v) is 0.602. The van der Waals surface area contributed by atoms with Gasteiger partial charge in [0.25, 0.3) is 0 Å². The summed E-state index contributed by atoms with van der Waals surface area (Å²) in [6.07, 6.45) is 1.74. The van der Waals surface area contributed by atoms with E-state index in [0.29, 0.717) is 11.3 Å². The fourth-order valence-electron chi connectivity index (χ4n) is 0.602. The lowest BCUT2D eigenvalue weighted by Gasteiger charge is -1.89. The highest BCUT2D eigenvalue weighted by Gasteiger charge is 1.88. The van der Waals surface area contributed by atoms with Gasteiger partial charge in [-0.05, 0) is 12.1 Å². The fraction of sp³-hybridized carbons (Fsp3) is 0. The van der Waals surface area contributed by atoms with Crippen molar-refractivity contribution in [2.45, 2.75) is 0 Å². The van der Waals surface area contributed by atoms with Crippen molar-refractivity contribution in [3.05, 3.63) is 29.8 Å². The van der Waals surface area contributed by atoms with Crippen LogP contribution in [0.4, 0.5) is 5.69 Å². The molecule has 2 heteroatoms. The lowest BCUT2D eigenvalue weighted by atomic mass is 10.2. The third kappa shape index (κ3) is 1.29. The van der Waals surface area contributed by atoms with Gasteiger partial charge in [0.2, 0.25) is 6.29 Å². The summed E-state index contributed by atoms with van der Waals surface area (Å²) in [7, 11) is 0. The molecule has 0 atom stereocenters. The molecule has 2 nitrogen and oxygen atoms in total. The van der Waals surface area contributed by atoms with Gasteiger partial charge in [0.05, 0.1) is 0 Å². The average Bonchev–Trinajstić information content (AvgIpc) is 1.88. The molecule has 45 valence electrons. The maximum atomic E-state index is 9.98. The zero-order valence-corrected chi connectivity index (χ0v) is 4.79. The van der Waals surface area contributed by atoms with Gasteiger partial charge in [0.1, 0.15) is 0 Å². The molecular formula is C7H6NO. The summed E-state index contributed by atoms with van der Waals surface area (Å²) in [5.74, 6) is 0. The molecular weight excluding hydrogens is 114 g/mol. The second-order valence-corrected chi connectivity index (χ2v) is 1.73. The van der Waals surface area contributed by atoms with Crippen molar-refractivity contribution in [3.8, 4) is 0 Å². The molecule has 0 aliphatic rings. The molecule has 9 heavy (non-hydrogen) atoms. The van der Waals surface area contributed by atoms with E-state index in [0.717, 1.165) is 0 Å². The third-order valence-corrected chi connectivity index (χ3v) is 1.00. The van der Waals surface area contributed by atoms with Crippen molar-refractivity contribution >= 4 is 12.0 Å². The Morgan fingerprint density at radius 2 is 2.22 bits per heavy atom. The van der Waals surface area contributed by atoms with Crippen molar-refractivity contribution < 1.29 is 4.79 Å². The van der Waals surface area contributed by atoms with E-state index in [9.17, 15) is 4.79 Å². The molecule has 1 aromatic rings. The van der Waals surface area contributed by atoms with Crippen molar-refractivity contribution in [2.75, 3.05) is 5.73 Å². The van der Waals surface area contributed by atoms with E-state index in [-0.39, 0.29) is 0 Å². The molecule has 0 aromatic heterocycles. The van der Waals surface area contributed by atoms with Crippen molar-refractivity contribution in [1.82, 2.24) is 0 Å². The van der Waals surface area contributed by atoms with Crippen LogP contribution in [0.15, 0.2) is 24.3 Å². The topological polar surface area (TPSA) is 43.1 Å². The highest BCUT2D eigenvalue weighted by Crippen LogP contribution is 2.02. The summed E-state index contributed by atoms with van der Waals surface area (Å²) in [4.78, 5) is 9.98. The molecule has 1 rings (SSSR count). The smallest absolute Gasteiger partial charge is 0.233 e. The van der Waals surface area contributed by atoms with Crippen LogP contribution in [-0.4, -0.2) is 6.29 Å². The molecule has 0 heterocycles. The van der Waals surface area contributed by atoms with Crippen LogP contribution < -0.4 is 5.73 Å². The minimum atomic E-state index is 0.495. The Kier molecular flexibility index (Phi) is 1.49. The molecule has 1 radical (unpaired) electrons. The predicted octanol–water partition coefficient (Wildman–Crippen LogP) is 0.727. The first kappa shape index (κ1) is 5.82. The molecule has 0 aliphatic carbocycles. The molecule has 0 fully saturated rings. The van der Waals surface area contributed by atoms with Crippen molar-refractivity contribution in [2.24, 2.45) is 0 Å². The lowest BCUT2D eigenvalue weighted by Crippen LogP contribution is -1.85. The normalized spacial score (nSPS) is 8.89. The summed E-state index contributed by atoms with van der Waals surface area (Å²) in [6, 6.07) is 6.67. The van der Waals surface area contributed by atoms with Crippen LogP contribution in [0.3, 0.4) is 0 Å². The van der Waals surface area contributed by atoms with Gasteiger partial charge in [-0.2, -0.15) is 0 Å². The summed E-state index contributed by atoms with van der Waals surface area (Å²) < 4.78 is 0. The van der Waals surface area contributed by atoms with E-state index < -0.39 is 0 Å². The predicted molar refractivity (Wildman–Crippen MR) is 35.6 cm³/mol. The summed E-state index contributed by atoms with van der Waals surface area (Å²) >= 11 is 0. The first-order valence-corrected chi connectivity index (χ1v) is 2.56. The monoisotopic (exact) mass is 120 g/mol. The second kappa shape index (κ2) is 2.31. The van der Waals surface area contributed by atoms with E-state index in [1.165, 1.54) is 0 Å². The van der Waals surface area contributed by atoms with Gasteiger partial charge in [0.15, 0.2) is 0 Å². The lowest BCUT2D eigenvalue weighted by molar-refractivity contribution is 0.563. The Labute approximate surface area is 53.3 Å². The van der Waals surface area contributed by atoms with Crippen LogP contribution in [0.25, 0.3) is 0 Å². The van der Waals surface area contributed by atoms with Crippen LogP contribution in [0.1, 0.15) is 5.56 Å². The summed E-state index contributed by atoms with van der Waals surface area (Å²) in [5.41, 5.74) is 6.44. The summed E-state index contributed by atoms with van der Waals surface area (Å²) in [6.45, 7) is 0. The highest BCUT2D eigenvalue weighted by molar-refractivity contribution is 5.76. The van der Waals surface area contributed by atoms with E-state index in [1.54, 1.807) is 30.6 Å². The van der Waals surface area contributed by atoms with Gasteiger partial charge in [0, 0.05) is 11.3 Å². The van der Waals surface area contributed by atoms with Gasteiger partial charge < -0.3 is 5.73 Å². The Morgan fingerprint density at radius 3 is 2.67 bits per heavy atom. The number of anilines is 1. The third-order valence-electron chi connectivity index (χ3n) is 1.00. The van der Waals surface area contributed by atoms with Gasteiger partial charge >= 0.3 is 0 Å². The number of nitrogens with two attached hydrogens (primary N) is 1. The molecule has 1 aromatic carbocycles. The first-order chi connectivity index (χ1) is 4.33. The molecule has 0 spiro atoms. The molecule has 0 saturated heterocycles. The van der Waals surface area contributed by atoms with Crippen LogP contribution in [0.2, 0.25) is 0 Å². The van der Waals surface area contributed by atoms with E-state index in [4.69, 9.17) is 5.73 Å². The van der Waals surface area contributed by atoms with E-state index in [2.05, 4.69) is 0 Å². The Morgan fingerprint density at radius 1 is 1.44 bits per heavy atom. The van der Waals surface area contributed by atoms with Crippen LogP contribution >= 0.6 is 0 Å². The second-order valence-electron chi connectivity index (χ2n) is 1.73. The quantitative estimate of drug-likeness (QED) is 0.555. The number of hydrogen-bond acceptors (Lipinski definition) is 2. The van der Waals surface area contributed by atoms with Crippen LogP contribution in [-0.2, 0) is 4.79 Å². The zero-order chi connectivity index (χ0) is 6.69. The van der Waals surface area contributed by atoms with Crippen molar-refractivity contribution in [1.29, 1.82) is 0 Å². The summed E-state index contributed by atoms with van der Waals surface area (Å²) in [5, 5.41) is 0. The van der Waals surface area contributed by atoms with Crippen molar-refractivity contribution in [3.63, 3.8) is 0 Å². The molecule has 0 saturated carbocycles.